The summed E-state index contributed by atoms with van der Waals surface area (Å²) >= 11 is 0. The second-order valence-corrected chi connectivity index (χ2v) is 6.95. The van der Waals surface area contributed by atoms with Crippen LogP contribution in [-0.2, 0) is 0 Å². The minimum absolute atomic E-state index is 0.815. The molecule has 0 heteroatoms. The number of hydrogen-bond donors (Lipinski definition) is 0. The van der Waals surface area contributed by atoms with Gasteiger partial charge in [-0.2, -0.15) is 0 Å². The first-order valence-corrected chi connectivity index (χ1v) is 7.40. The summed E-state index contributed by atoms with van der Waals surface area (Å²) in [6.07, 6.45) is 17.2. The highest BCUT2D eigenvalue weighted by molar-refractivity contribution is 5.01. The van der Waals surface area contributed by atoms with E-state index >= 15 is 0 Å². The standard InChI is InChI=1S/C16H26/c1-2-3-4-5-6-16-10-13-7-14(11-16)9-15(8-13)12-16/h2,13-15H,1,3-12H2. The Morgan fingerprint density at radius 3 is 2.00 bits per heavy atom. The minimum atomic E-state index is 0.815. The lowest BCUT2D eigenvalue weighted by molar-refractivity contribution is -0.0582. The summed E-state index contributed by atoms with van der Waals surface area (Å²) in [5.74, 6) is 3.39. The highest BCUT2D eigenvalue weighted by Gasteiger charge is 2.50. The van der Waals surface area contributed by atoms with Crippen LogP contribution in [0.4, 0.5) is 0 Å². The number of unbranched alkanes of at least 4 members (excludes halogenated alkanes) is 2. The molecule has 0 aromatic carbocycles. The molecule has 0 spiro atoms. The van der Waals surface area contributed by atoms with Gasteiger partial charge in [0.2, 0.25) is 0 Å². The van der Waals surface area contributed by atoms with Crippen molar-refractivity contribution in [2.45, 2.75) is 64.2 Å². The van der Waals surface area contributed by atoms with Gasteiger partial charge in [0, 0.05) is 0 Å². The van der Waals surface area contributed by atoms with Gasteiger partial charge in [0.05, 0.1) is 0 Å². The second-order valence-electron chi connectivity index (χ2n) is 6.95. The average Bonchev–Trinajstić information content (AvgIpc) is 2.22. The molecule has 90 valence electrons. The van der Waals surface area contributed by atoms with Gasteiger partial charge in [-0.15, -0.1) is 6.58 Å². The first-order chi connectivity index (χ1) is 7.80. The van der Waals surface area contributed by atoms with Crippen LogP contribution in [0.25, 0.3) is 0 Å². The quantitative estimate of drug-likeness (QED) is 0.452. The van der Waals surface area contributed by atoms with E-state index in [-0.39, 0.29) is 0 Å². The zero-order chi connectivity index (χ0) is 11.0. The largest absolute Gasteiger partial charge is 0.103 e. The molecule has 4 fully saturated rings. The molecule has 4 rings (SSSR count). The zero-order valence-electron chi connectivity index (χ0n) is 10.6. The molecule has 4 saturated carbocycles. The number of rotatable bonds is 5. The second kappa shape index (κ2) is 4.20. The van der Waals surface area contributed by atoms with Crippen LogP contribution in [0.5, 0.6) is 0 Å². The van der Waals surface area contributed by atoms with Gasteiger partial charge < -0.3 is 0 Å². The van der Waals surface area contributed by atoms with Crippen LogP contribution < -0.4 is 0 Å². The fraction of sp³-hybridized carbons (Fsp3) is 0.875. The van der Waals surface area contributed by atoms with Crippen molar-refractivity contribution in [3.63, 3.8) is 0 Å². The maximum atomic E-state index is 3.82. The van der Waals surface area contributed by atoms with Gasteiger partial charge in [-0.1, -0.05) is 12.5 Å². The molecule has 4 bridgehead atoms. The molecule has 4 aliphatic carbocycles. The highest BCUT2D eigenvalue weighted by atomic mass is 14.5. The van der Waals surface area contributed by atoms with Crippen molar-refractivity contribution in [3.05, 3.63) is 12.7 Å². The molecule has 0 atom stereocenters. The zero-order valence-corrected chi connectivity index (χ0v) is 10.6. The smallest absolute Gasteiger partial charge is 0.0290 e. The molecule has 16 heavy (non-hydrogen) atoms. The SMILES string of the molecule is C=CCCCCC12CC3CC(CC(C3)C1)C2. The van der Waals surface area contributed by atoms with E-state index in [0.717, 1.165) is 23.2 Å². The van der Waals surface area contributed by atoms with E-state index in [1.165, 1.54) is 25.7 Å². The van der Waals surface area contributed by atoms with Crippen molar-refractivity contribution in [2.24, 2.45) is 23.2 Å². The van der Waals surface area contributed by atoms with Gasteiger partial charge in [0.15, 0.2) is 0 Å². The Hall–Kier alpha value is -0.260. The Morgan fingerprint density at radius 2 is 1.50 bits per heavy atom. The van der Waals surface area contributed by atoms with Crippen LogP contribution >= 0.6 is 0 Å². The van der Waals surface area contributed by atoms with Gasteiger partial charge >= 0.3 is 0 Å². The van der Waals surface area contributed by atoms with Gasteiger partial charge in [0.1, 0.15) is 0 Å². The maximum absolute atomic E-state index is 3.82. The Labute approximate surface area is 101 Å². The molecular formula is C16H26. The molecule has 0 heterocycles. The molecule has 0 saturated heterocycles. The van der Waals surface area contributed by atoms with Crippen LogP contribution in [0.2, 0.25) is 0 Å². The lowest BCUT2D eigenvalue weighted by Crippen LogP contribution is -2.45. The first kappa shape index (κ1) is 10.9. The van der Waals surface area contributed by atoms with Gasteiger partial charge in [-0.25, -0.2) is 0 Å². The molecule has 4 aliphatic rings. The molecule has 0 aromatic rings. The van der Waals surface area contributed by atoms with E-state index in [2.05, 4.69) is 12.7 Å². The predicted molar refractivity (Wildman–Crippen MR) is 69.3 cm³/mol. The van der Waals surface area contributed by atoms with E-state index in [9.17, 15) is 0 Å². The van der Waals surface area contributed by atoms with Crippen molar-refractivity contribution in [1.82, 2.24) is 0 Å². The Balaban J connectivity index is 1.58. The normalized spacial score (nSPS) is 44.9. The maximum Gasteiger partial charge on any atom is -0.0290 e. The van der Waals surface area contributed by atoms with Gasteiger partial charge in [-0.3, -0.25) is 0 Å². The van der Waals surface area contributed by atoms with Crippen molar-refractivity contribution < 1.29 is 0 Å². The summed E-state index contributed by atoms with van der Waals surface area (Å²) in [7, 11) is 0. The summed E-state index contributed by atoms with van der Waals surface area (Å²) in [4.78, 5) is 0. The van der Waals surface area contributed by atoms with Crippen molar-refractivity contribution in [1.29, 1.82) is 0 Å². The average molecular weight is 218 g/mol. The van der Waals surface area contributed by atoms with Crippen LogP contribution in [0.3, 0.4) is 0 Å². The third-order valence-electron chi connectivity index (χ3n) is 5.53. The number of hydrogen-bond acceptors (Lipinski definition) is 0. The summed E-state index contributed by atoms with van der Waals surface area (Å²) in [5.41, 5.74) is 0.815. The lowest BCUT2D eigenvalue weighted by atomic mass is 9.48. The fourth-order valence-electron chi connectivity index (χ4n) is 5.38. The van der Waals surface area contributed by atoms with E-state index in [1.54, 1.807) is 38.5 Å². The van der Waals surface area contributed by atoms with Crippen molar-refractivity contribution >= 4 is 0 Å². The van der Waals surface area contributed by atoms with Crippen LogP contribution in [0.1, 0.15) is 64.2 Å². The van der Waals surface area contributed by atoms with E-state index < -0.39 is 0 Å². The van der Waals surface area contributed by atoms with Gasteiger partial charge in [-0.05, 0) is 81.0 Å². The highest BCUT2D eigenvalue weighted by Crippen LogP contribution is 2.61. The third-order valence-corrected chi connectivity index (χ3v) is 5.53. The molecule has 0 amide bonds. The van der Waals surface area contributed by atoms with Crippen molar-refractivity contribution in [2.75, 3.05) is 0 Å². The topological polar surface area (TPSA) is 0 Å². The molecule has 0 aromatic heterocycles. The Kier molecular flexibility index (Phi) is 2.85. The molecular weight excluding hydrogens is 192 g/mol. The molecule has 0 unspecified atom stereocenters. The molecule has 0 N–H and O–H groups in total. The summed E-state index contributed by atoms with van der Waals surface area (Å²) < 4.78 is 0. The lowest BCUT2D eigenvalue weighted by Gasteiger charge is -2.57. The summed E-state index contributed by atoms with van der Waals surface area (Å²) in [6.45, 7) is 3.82. The van der Waals surface area contributed by atoms with E-state index in [0.29, 0.717) is 0 Å². The minimum Gasteiger partial charge on any atom is -0.103 e. The van der Waals surface area contributed by atoms with Crippen LogP contribution in [0.15, 0.2) is 12.7 Å². The van der Waals surface area contributed by atoms with Crippen molar-refractivity contribution in [3.8, 4) is 0 Å². The Bertz CT molecular complexity index is 228. The molecule has 0 radical (unpaired) electrons. The third kappa shape index (κ3) is 1.96. The van der Waals surface area contributed by atoms with E-state index in [4.69, 9.17) is 0 Å². The van der Waals surface area contributed by atoms with Crippen LogP contribution in [0, 0.1) is 23.2 Å². The predicted octanol–water partition coefficient (Wildman–Crippen LogP) is 4.95. The fourth-order valence-corrected chi connectivity index (χ4v) is 5.38. The molecule has 0 aliphatic heterocycles. The summed E-state index contributed by atoms with van der Waals surface area (Å²) in [6, 6.07) is 0. The van der Waals surface area contributed by atoms with Crippen LogP contribution in [-0.4, -0.2) is 0 Å². The summed E-state index contributed by atoms with van der Waals surface area (Å²) in [5, 5.41) is 0. The number of allylic oxidation sites excluding steroid dienone is 1. The van der Waals surface area contributed by atoms with E-state index in [1.807, 2.05) is 0 Å². The first-order valence-electron chi connectivity index (χ1n) is 7.40. The molecule has 0 nitrogen and oxygen atoms in total. The van der Waals surface area contributed by atoms with Gasteiger partial charge in [0.25, 0.3) is 0 Å². The Morgan fingerprint density at radius 1 is 0.938 bits per heavy atom. The monoisotopic (exact) mass is 218 g/mol.